The smallest absolute Gasteiger partial charge is 0.309 e. The van der Waals surface area contributed by atoms with E-state index in [1.54, 1.807) is 13.8 Å². The normalized spacial score (nSPS) is 14.9. The van der Waals surface area contributed by atoms with E-state index < -0.39 is 0 Å². The van der Waals surface area contributed by atoms with Crippen LogP contribution >= 0.6 is 11.3 Å². The average molecular weight is 404 g/mol. The Morgan fingerprint density at radius 1 is 1.25 bits per heavy atom. The summed E-state index contributed by atoms with van der Waals surface area (Å²) in [5.41, 5.74) is 1.73. The van der Waals surface area contributed by atoms with Gasteiger partial charge < -0.3 is 15.0 Å². The van der Waals surface area contributed by atoms with Gasteiger partial charge in [0.2, 0.25) is 11.8 Å². The molecule has 0 atom stereocenters. The van der Waals surface area contributed by atoms with Crippen LogP contribution in [0.4, 0.5) is 5.13 Å². The van der Waals surface area contributed by atoms with Crippen molar-refractivity contribution < 1.29 is 19.1 Å². The van der Waals surface area contributed by atoms with Crippen molar-refractivity contribution in [1.82, 2.24) is 9.88 Å². The number of ether oxygens (including phenoxy) is 1. The zero-order valence-electron chi connectivity index (χ0n) is 16.2. The SMILES string of the molecule is CCOC(=O)C1CCN(C(=O)Cc2ccc3nc(NC(=O)CC)sc3c2)CC1. The second-order valence-electron chi connectivity index (χ2n) is 6.81. The molecule has 1 aromatic carbocycles. The van der Waals surface area contributed by atoms with Gasteiger partial charge in [-0.15, -0.1) is 0 Å². The number of hydrogen-bond donors (Lipinski definition) is 1. The molecule has 2 heterocycles. The molecule has 0 unspecified atom stereocenters. The predicted molar refractivity (Wildman–Crippen MR) is 108 cm³/mol. The summed E-state index contributed by atoms with van der Waals surface area (Å²) in [6.45, 7) is 5.15. The van der Waals surface area contributed by atoms with Crippen molar-refractivity contribution in [2.24, 2.45) is 5.92 Å². The molecule has 3 rings (SSSR count). The quantitative estimate of drug-likeness (QED) is 0.749. The van der Waals surface area contributed by atoms with Crippen LogP contribution in [0.3, 0.4) is 0 Å². The first kappa shape index (κ1) is 20.3. The Labute approximate surface area is 168 Å². The number of anilines is 1. The fraction of sp³-hybridized carbons (Fsp3) is 0.500. The number of hydrogen-bond acceptors (Lipinski definition) is 6. The van der Waals surface area contributed by atoms with E-state index in [0.29, 0.717) is 50.5 Å². The van der Waals surface area contributed by atoms with Gasteiger partial charge >= 0.3 is 5.97 Å². The Morgan fingerprint density at radius 3 is 2.68 bits per heavy atom. The maximum Gasteiger partial charge on any atom is 0.309 e. The largest absolute Gasteiger partial charge is 0.466 e. The van der Waals surface area contributed by atoms with Gasteiger partial charge in [0.1, 0.15) is 0 Å². The summed E-state index contributed by atoms with van der Waals surface area (Å²) >= 11 is 1.41. The highest BCUT2D eigenvalue weighted by molar-refractivity contribution is 7.22. The van der Waals surface area contributed by atoms with Crippen LogP contribution < -0.4 is 5.32 Å². The summed E-state index contributed by atoms with van der Waals surface area (Å²) in [5, 5.41) is 3.35. The number of amides is 2. The van der Waals surface area contributed by atoms with Crippen LogP contribution in [0.15, 0.2) is 18.2 Å². The van der Waals surface area contributed by atoms with E-state index in [1.165, 1.54) is 11.3 Å². The van der Waals surface area contributed by atoms with Crippen molar-refractivity contribution in [3.05, 3.63) is 23.8 Å². The lowest BCUT2D eigenvalue weighted by Gasteiger charge is -2.31. The van der Waals surface area contributed by atoms with Crippen molar-refractivity contribution in [2.45, 2.75) is 39.5 Å². The zero-order chi connectivity index (χ0) is 20.1. The second kappa shape index (κ2) is 9.14. The molecule has 0 radical (unpaired) electrons. The van der Waals surface area contributed by atoms with E-state index in [2.05, 4.69) is 10.3 Å². The number of aromatic nitrogens is 1. The molecule has 1 fully saturated rings. The molecule has 2 aromatic rings. The number of likely N-dealkylation sites (tertiary alicyclic amines) is 1. The number of carbonyl (C=O) groups excluding carboxylic acids is 3. The standard InChI is InChI=1S/C20H25N3O4S/c1-3-17(24)22-20-21-15-6-5-13(11-16(15)28-20)12-18(25)23-9-7-14(8-10-23)19(26)27-4-2/h5-6,11,14H,3-4,7-10,12H2,1-2H3,(H,21,22,24). The second-order valence-corrected chi connectivity index (χ2v) is 7.84. The molecule has 0 saturated carbocycles. The molecule has 1 aromatic heterocycles. The van der Waals surface area contributed by atoms with Crippen LogP contribution in [0.25, 0.3) is 10.2 Å². The third kappa shape index (κ3) is 4.86. The molecule has 1 aliphatic rings. The highest BCUT2D eigenvalue weighted by Gasteiger charge is 2.28. The molecule has 1 aliphatic heterocycles. The highest BCUT2D eigenvalue weighted by Crippen LogP contribution is 2.27. The molecule has 7 nitrogen and oxygen atoms in total. The van der Waals surface area contributed by atoms with Crippen LogP contribution in [0, 0.1) is 5.92 Å². The number of thiazole rings is 1. The molecule has 2 amide bonds. The monoisotopic (exact) mass is 403 g/mol. The van der Waals surface area contributed by atoms with E-state index in [4.69, 9.17) is 4.74 Å². The Bertz CT molecular complexity index is 871. The maximum absolute atomic E-state index is 12.6. The summed E-state index contributed by atoms with van der Waals surface area (Å²) in [6, 6.07) is 5.73. The number of nitrogens with one attached hydrogen (secondary N) is 1. The van der Waals surface area contributed by atoms with Crippen molar-refractivity contribution in [3.63, 3.8) is 0 Å². The van der Waals surface area contributed by atoms with Crippen molar-refractivity contribution >= 4 is 44.5 Å². The molecule has 150 valence electrons. The molecule has 0 spiro atoms. The van der Waals surface area contributed by atoms with E-state index in [1.807, 2.05) is 23.1 Å². The molecule has 0 bridgehead atoms. The van der Waals surface area contributed by atoms with Gasteiger partial charge in [-0.1, -0.05) is 24.3 Å². The lowest BCUT2D eigenvalue weighted by Crippen LogP contribution is -2.41. The molecule has 28 heavy (non-hydrogen) atoms. The summed E-state index contributed by atoms with van der Waals surface area (Å²) in [7, 11) is 0. The lowest BCUT2D eigenvalue weighted by atomic mass is 9.96. The number of carbonyl (C=O) groups is 3. The fourth-order valence-electron chi connectivity index (χ4n) is 3.25. The first-order valence-corrected chi connectivity index (χ1v) is 10.5. The van der Waals surface area contributed by atoms with Crippen molar-refractivity contribution in [2.75, 3.05) is 25.0 Å². The van der Waals surface area contributed by atoms with Crippen molar-refractivity contribution in [3.8, 4) is 0 Å². The van der Waals surface area contributed by atoms with E-state index in [9.17, 15) is 14.4 Å². The first-order chi connectivity index (χ1) is 13.5. The fourth-order valence-corrected chi connectivity index (χ4v) is 4.20. The topological polar surface area (TPSA) is 88.6 Å². The number of esters is 1. The summed E-state index contributed by atoms with van der Waals surface area (Å²) in [4.78, 5) is 42.2. The third-order valence-corrected chi connectivity index (χ3v) is 5.78. The van der Waals surface area contributed by atoms with Crippen LogP contribution in [-0.2, 0) is 25.5 Å². The number of benzene rings is 1. The summed E-state index contributed by atoms with van der Waals surface area (Å²) in [5.74, 6) is -0.267. The molecular weight excluding hydrogens is 378 g/mol. The van der Waals surface area contributed by atoms with Gasteiger partial charge in [0.25, 0.3) is 0 Å². The van der Waals surface area contributed by atoms with E-state index in [-0.39, 0.29) is 23.7 Å². The van der Waals surface area contributed by atoms with Crippen molar-refractivity contribution in [1.29, 1.82) is 0 Å². The van der Waals surface area contributed by atoms with Gasteiger partial charge in [-0.05, 0) is 37.5 Å². The predicted octanol–water partition coefficient (Wildman–Crippen LogP) is 2.99. The van der Waals surface area contributed by atoms with Gasteiger partial charge in [0.15, 0.2) is 5.13 Å². The summed E-state index contributed by atoms with van der Waals surface area (Å²) < 4.78 is 6.02. The Balaban J connectivity index is 1.59. The van der Waals surface area contributed by atoms with Gasteiger partial charge in [0.05, 0.1) is 29.2 Å². The molecule has 1 saturated heterocycles. The van der Waals surface area contributed by atoms with Gasteiger partial charge in [-0.25, -0.2) is 4.98 Å². The average Bonchev–Trinajstić information content (AvgIpc) is 3.09. The molecule has 1 N–H and O–H groups in total. The highest BCUT2D eigenvalue weighted by atomic mass is 32.1. The minimum atomic E-state index is -0.156. The van der Waals surface area contributed by atoms with Gasteiger partial charge in [-0.3, -0.25) is 14.4 Å². The molecular formula is C20H25N3O4S. The van der Waals surface area contributed by atoms with Crippen LogP contribution in [0.2, 0.25) is 0 Å². The zero-order valence-corrected chi connectivity index (χ0v) is 17.0. The number of fused-ring (bicyclic) bond motifs is 1. The number of rotatable bonds is 6. The van der Waals surface area contributed by atoms with Crippen LogP contribution in [0.5, 0.6) is 0 Å². The van der Waals surface area contributed by atoms with Crippen LogP contribution in [-0.4, -0.2) is 47.4 Å². The molecule has 8 heteroatoms. The Morgan fingerprint density at radius 2 is 2.00 bits per heavy atom. The minimum Gasteiger partial charge on any atom is -0.466 e. The summed E-state index contributed by atoms with van der Waals surface area (Å²) in [6.07, 6.45) is 2.02. The molecule has 0 aliphatic carbocycles. The van der Waals surface area contributed by atoms with E-state index in [0.717, 1.165) is 15.8 Å². The van der Waals surface area contributed by atoms with E-state index >= 15 is 0 Å². The van der Waals surface area contributed by atoms with Gasteiger partial charge in [0, 0.05) is 19.5 Å². The minimum absolute atomic E-state index is 0.0608. The third-order valence-electron chi connectivity index (χ3n) is 4.84. The Hall–Kier alpha value is -2.48. The van der Waals surface area contributed by atoms with Gasteiger partial charge in [-0.2, -0.15) is 0 Å². The lowest BCUT2D eigenvalue weighted by molar-refractivity contribution is -0.151. The Kier molecular flexibility index (Phi) is 6.61. The number of nitrogens with zero attached hydrogens (tertiary/aromatic N) is 2. The van der Waals surface area contributed by atoms with Crippen LogP contribution in [0.1, 0.15) is 38.7 Å². The maximum atomic E-state index is 12.6. The first-order valence-electron chi connectivity index (χ1n) is 9.63. The number of piperidine rings is 1.